The number of hydrogen-bond acceptors (Lipinski definition) is 3. The van der Waals surface area contributed by atoms with Crippen molar-refractivity contribution in [1.29, 1.82) is 0 Å². The van der Waals surface area contributed by atoms with Crippen molar-refractivity contribution in [1.82, 2.24) is 9.88 Å². The smallest absolute Gasteiger partial charge is 0.370 e. The lowest BCUT2D eigenvalue weighted by atomic mass is 10.2. The van der Waals surface area contributed by atoms with Crippen LogP contribution in [0.3, 0.4) is 0 Å². The minimum Gasteiger partial charge on any atom is -0.370 e. The molecule has 8 heteroatoms. The van der Waals surface area contributed by atoms with Crippen LogP contribution >= 0.6 is 0 Å². The van der Waals surface area contributed by atoms with Crippen LogP contribution in [0.2, 0.25) is 0 Å². The number of carbonyl (C=O) groups is 2. The zero-order chi connectivity index (χ0) is 18.9. The average Bonchev–Trinajstić information content (AvgIpc) is 2.54. The van der Waals surface area contributed by atoms with Gasteiger partial charge < -0.3 is 10.6 Å². The van der Waals surface area contributed by atoms with Crippen molar-refractivity contribution in [2.45, 2.75) is 26.2 Å². The Kier molecular flexibility index (Phi) is 7.58. The van der Waals surface area contributed by atoms with Gasteiger partial charge in [0.1, 0.15) is 5.69 Å². The van der Waals surface area contributed by atoms with Crippen molar-refractivity contribution in [3.05, 3.63) is 65.5 Å². The number of hydrogen-bond donors (Lipinski definition) is 1. The summed E-state index contributed by atoms with van der Waals surface area (Å²) >= 11 is 0. The molecule has 5 nitrogen and oxygen atoms in total. The van der Waals surface area contributed by atoms with Gasteiger partial charge in [0.15, 0.2) is 0 Å². The summed E-state index contributed by atoms with van der Waals surface area (Å²) in [6.07, 6.45) is -3.88. The van der Waals surface area contributed by atoms with Crippen LogP contribution in [0.1, 0.15) is 23.9 Å². The summed E-state index contributed by atoms with van der Waals surface area (Å²) < 4.78 is 37.8. The van der Waals surface area contributed by atoms with Gasteiger partial charge in [0.25, 0.3) is 0 Å². The molecule has 1 aromatic carbocycles. The van der Waals surface area contributed by atoms with E-state index in [1.165, 1.54) is 24.0 Å². The molecule has 0 aliphatic rings. The number of primary amides is 1. The maximum Gasteiger partial charge on any atom is 0.433 e. The van der Waals surface area contributed by atoms with E-state index in [0.717, 1.165) is 11.6 Å². The largest absolute Gasteiger partial charge is 0.433 e. The van der Waals surface area contributed by atoms with Crippen molar-refractivity contribution < 1.29 is 22.8 Å². The number of amides is 2. The molecule has 0 aliphatic heterocycles. The predicted molar refractivity (Wildman–Crippen MR) is 85.9 cm³/mol. The van der Waals surface area contributed by atoms with Gasteiger partial charge in [-0.2, -0.15) is 13.2 Å². The number of rotatable bonds is 5. The summed E-state index contributed by atoms with van der Waals surface area (Å²) in [7, 11) is 0. The molecular weight excluding hydrogens is 335 g/mol. The number of aromatic nitrogens is 1. The van der Waals surface area contributed by atoms with Crippen LogP contribution in [0.5, 0.6) is 0 Å². The molecule has 0 spiro atoms. The third-order valence-electron chi connectivity index (χ3n) is 2.84. The summed E-state index contributed by atoms with van der Waals surface area (Å²) in [6.45, 7) is 1.66. The lowest BCUT2D eigenvalue weighted by Crippen LogP contribution is -2.22. The molecule has 1 heterocycles. The molecule has 2 amide bonds. The van der Waals surface area contributed by atoms with Gasteiger partial charge in [-0.1, -0.05) is 36.4 Å². The van der Waals surface area contributed by atoms with E-state index < -0.39 is 11.9 Å². The molecule has 0 unspecified atom stereocenters. The highest BCUT2D eigenvalue weighted by Crippen LogP contribution is 2.27. The van der Waals surface area contributed by atoms with E-state index >= 15 is 0 Å². The number of carbonyl (C=O) groups excluding carboxylic acids is 2. The number of pyridine rings is 1. The lowest BCUT2D eigenvalue weighted by Gasteiger charge is -2.17. The first-order valence-electron chi connectivity index (χ1n) is 7.25. The number of benzene rings is 1. The maximum absolute atomic E-state index is 12.6. The topological polar surface area (TPSA) is 76.3 Å². The van der Waals surface area contributed by atoms with E-state index in [-0.39, 0.29) is 18.1 Å². The van der Waals surface area contributed by atoms with Crippen molar-refractivity contribution in [2.24, 2.45) is 5.73 Å². The number of halogens is 3. The molecular formula is C17H18F3N3O2. The molecule has 0 saturated carbocycles. The van der Waals surface area contributed by atoms with Crippen LogP contribution in [0.15, 0.2) is 48.5 Å². The Bertz CT molecular complexity index is 687. The van der Waals surface area contributed by atoms with Crippen LogP contribution in [0.25, 0.3) is 0 Å². The zero-order valence-corrected chi connectivity index (χ0v) is 13.5. The second-order valence-electron chi connectivity index (χ2n) is 5.12. The Morgan fingerprint density at radius 2 is 1.72 bits per heavy atom. The minimum atomic E-state index is -4.48. The van der Waals surface area contributed by atoms with Gasteiger partial charge in [0, 0.05) is 13.5 Å². The van der Waals surface area contributed by atoms with Crippen molar-refractivity contribution >= 4 is 12.3 Å². The van der Waals surface area contributed by atoms with E-state index in [1.807, 2.05) is 30.3 Å². The Hall–Kier alpha value is -2.90. The second kappa shape index (κ2) is 9.41. The maximum atomic E-state index is 12.6. The molecule has 25 heavy (non-hydrogen) atoms. The minimum absolute atomic E-state index is 0.0301. The molecule has 2 rings (SSSR count). The molecule has 134 valence electrons. The molecule has 0 atom stereocenters. The van der Waals surface area contributed by atoms with Crippen LogP contribution in [0, 0.1) is 0 Å². The van der Waals surface area contributed by atoms with Crippen LogP contribution in [-0.4, -0.2) is 22.2 Å². The van der Waals surface area contributed by atoms with E-state index in [0.29, 0.717) is 13.0 Å². The Balaban J connectivity index is 0.000000705. The summed E-state index contributed by atoms with van der Waals surface area (Å²) in [5.74, 6) is -0.333. The highest BCUT2D eigenvalue weighted by atomic mass is 19.4. The molecule has 1 aromatic heterocycles. The van der Waals surface area contributed by atoms with Crippen molar-refractivity contribution in [3.63, 3.8) is 0 Å². The molecule has 0 aliphatic carbocycles. The highest BCUT2D eigenvalue weighted by molar-refractivity contribution is 5.70. The van der Waals surface area contributed by atoms with Gasteiger partial charge >= 0.3 is 6.18 Å². The molecule has 2 aromatic rings. The summed E-state index contributed by atoms with van der Waals surface area (Å²) in [6, 6.07) is 12.9. The van der Waals surface area contributed by atoms with Gasteiger partial charge in [-0.25, -0.2) is 4.98 Å². The standard InChI is InChI=1S/C15H13F3N2O.C2H5NO/c16-15(17,18)14-8-4-7-13(19-14)10-20(11-21)9-12-5-2-1-3-6-12;1-2(3)4/h1-8,11H,9-10H2;1H3,(H2,3,4). The Labute approximate surface area is 143 Å². The fourth-order valence-corrected chi connectivity index (χ4v) is 1.88. The second-order valence-corrected chi connectivity index (χ2v) is 5.12. The van der Waals surface area contributed by atoms with Gasteiger partial charge in [-0.15, -0.1) is 0 Å². The SMILES string of the molecule is CC(N)=O.O=CN(Cc1ccccc1)Cc1cccc(C(F)(F)F)n1. The first-order chi connectivity index (χ1) is 11.7. The normalized spacial score (nSPS) is 10.4. The molecule has 2 N–H and O–H groups in total. The predicted octanol–water partition coefficient (Wildman–Crippen LogP) is 2.75. The average molecular weight is 353 g/mol. The van der Waals surface area contributed by atoms with Gasteiger partial charge in [-0.3, -0.25) is 9.59 Å². The quantitative estimate of drug-likeness (QED) is 0.840. The van der Waals surface area contributed by atoms with Gasteiger partial charge in [0.2, 0.25) is 12.3 Å². The Morgan fingerprint density at radius 3 is 2.24 bits per heavy atom. The van der Waals surface area contributed by atoms with Crippen LogP contribution in [0.4, 0.5) is 13.2 Å². The fraction of sp³-hybridized carbons (Fsp3) is 0.235. The van der Waals surface area contributed by atoms with E-state index in [1.54, 1.807) is 0 Å². The Morgan fingerprint density at radius 1 is 1.12 bits per heavy atom. The van der Waals surface area contributed by atoms with E-state index in [4.69, 9.17) is 0 Å². The van der Waals surface area contributed by atoms with Crippen LogP contribution in [-0.2, 0) is 28.9 Å². The third-order valence-corrected chi connectivity index (χ3v) is 2.84. The van der Waals surface area contributed by atoms with Gasteiger partial charge in [-0.05, 0) is 17.7 Å². The van der Waals surface area contributed by atoms with Crippen molar-refractivity contribution in [3.8, 4) is 0 Å². The summed E-state index contributed by atoms with van der Waals surface area (Å²) in [5.41, 5.74) is 4.62. The highest BCUT2D eigenvalue weighted by Gasteiger charge is 2.32. The van der Waals surface area contributed by atoms with E-state index in [2.05, 4.69) is 10.7 Å². The van der Waals surface area contributed by atoms with Crippen molar-refractivity contribution in [2.75, 3.05) is 0 Å². The lowest BCUT2D eigenvalue weighted by molar-refractivity contribution is -0.141. The van der Waals surface area contributed by atoms with E-state index in [9.17, 15) is 22.8 Å². The zero-order valence-electron chi connectivity index (χ0n) is 13.5. The molecule has 0 fully saturated rings. The molecule has 0 radical (unpaired) electrons. The third kappa shape index (κ3) is 7.96. The monoisotopic (exact) mass is 353 g/mol. The summed E-state index contributed by atoms with van der Waals surface area (Å²) in [5, 5.41) is 0. The fourth-order valence-electron chi connectivity index (χ4n) is 1.88. The first-order valence-corrected chi connectivity index (χ1v) is 7.25. The summed E-state index contributed by atoms with van der Waals surface area (Å²) in [4.78, 5) is 25.2. The number of nitrogens with two attached hydrogens (primary N) is 1. The van der Waals surface area contributed by atoms with Gasteiger partial charge in [0.05, 0.1) is 12.2 Å². The van der Waals surface area contributed by atoms with Crippen LogP contribution < -0.4 is 5.73 Å². The number of alkyl halides is 3. The first kappa shape index (κ1) is 20.1. The molecule has 0 bridgehead atoms. The molecule has 0 saturated heterocycles. The number of nitrogens with zero attached hydrogens (tertiary/aromatic N) is 2.